The molecule has 0 aliphatic rings. The van der Waals surface area contributed by atoms with E-state index in [1.807, 2.05) is 43.5 Å². The van der Waals surface area contributed by atoms with Crippen molar-refractivity contribution in [3.8, 4) is 5.88 Å². The van der Waals surface area contributed by atoms with Gasteiger partial charge in [-0.3, -0.25) is 4.79 Å². The molecule has 21 heavy (non-hydrogen) atoms. The van der Waals surface area contributed by atoms with Crippen molar-refractivity contribution in [1.29, 1.82) is 0 Å². The number of Topliss-reactive ketones (excluding diaryl/α,β-unsaturated/α-hetero) is 1. The molecule has 1 heterocycles. The molecule has 4 nitrogen and oxygen atoms in total. The Morgan fingerprint density at radius 1 is 1.24 bits per heavy atom. The Kier molecular flexibility index (Phi) is 5.33. The molecule has 110 valence electrons. The van der Waals surface area contributed by atoms with Crippen molar-refractivity contribution in [1.82, 2.24) is 9.97 Å². The number of methoxy groups -OCH3 is 1. The summed E-state index contributed by atoms with van der Waals surface area (Å²) in [5, 5.41) is 0.683. The van der Waals surface area contributed by atoms with Crippen molar-refractivity contribution in [3.63, 3.8) is 0 Å². The van der Waals surface area contributed by atoms with Crippen LogP contribution in [0.4, 0.5) is 0 Å². The summed E-state index contributed by atoms with van der Waals surface area (Å²) in [6, 6.07) is 9.31. The first-order valence-electron chi connectivity index (χ1n) is 6.69. The molecule has 0 aliphatic carbocycles. The van der Waals surface area contributed by atoms with E-state index < -0.39 is 0 Å². The van der Waals surface area contributed by atoms with Gasteiger partial charge in [-0.2, -0.15) is 4.98 Å². The van der Waals surface area contributed by atoms with Crippen molar-refractivity contribution in [2.24, 2.45) is 0 Å². The third-order valence-corrected chi connectivity index (χ3v) is 3.78. The van der Waals surface area contributed by atoms with Crippen molar-refractivity contribution < 1.29 is 9.53 Å². The zero-order valence-corrected chi connectivity index (χ0v) is 13.2. The van der Waals surface area contributed by atoms with Crippen molar-refractivity contribution in [2.45, 2.75) is 24.9 Å². The molecular weight excluding hydrogens is 284 g/mol. The molecule has 0 amide bonds. The van der Waals surface area contributed by atoms with Gasteiger partial charge in [0, 0.05) is 23.2 Å². The van der Waals surface area contributed by atoms with Crippen LogP contribution < -0.4 is 4.74 Å². The SMILES string of the molecule is COc1nc(SC)nc(C)c1CCC(=O)c1ccccc1. The first-order valence-corrected chi connectivity index (χ1v) is 7.92. The van der Waals surface area contributed by atoms with Crippen LogP contribution in [0.15, 0.2) is 35.5 Å². The van der Waals surface area contributed by atoms with Crippen LogP contribution >= 0.6 is 11.8 Å². The highest BCUT2D eigenvalue weighted by atomic mass is 32.2. The number of aryl methyl sites for hydroxylation is 1. The summed E-state index contributed by atoms with van der Waals surface area (Å²) in [6.07, 6.45) is 2.92. The summed E-state index contributed by atoms with van der Waals surface area (Å²) < 4.78 is 5.33. The second kappa shape index (κ2) is 7.22. The molecule has 0 saturated heterocycles. The Balaban J connectivity index is 2.15. The van der Waals surface area contributed by atoms with Crippen LogP contribution in [0.25, 0.3) is 0 Å². The van der Waals surface area contributed by atoms with E-state index in [9.17, 15) is 4.79 Å². The van der Waals surface area contributed by atoms with Crippen LogP contribution in [0, 0.1) is 6.92 Å². The highest BCUT2D eigenvalue weighted by molar-refractivity contribution is 7.98. The summed E-state index contributed by atoms with van der Waals surface area (Å²) in [6.45, 7) is 1.92. The van der Waals surface area contributed by atoms with Crippen molar-refractivity contribution >= 4 is 17.5 Å². The van der Waals surface area contributed by atoms with Crippen LogP contribution in [0.2, 0.25) is 0 Å². The second-order valence-electron chi connectivity index (χ2n) is 4.57. The summed E-state index contributed by atoms with van der Waals surface area (Å²) in [4.78, 5) is 20.9. The average molecular weight is 302 g/mol. The van der Waals surface area contributed by atoms with Crippen molar-refractivity contribution in [2.75, 3.05) is 13.4 Å². The Morgan fingerprint density at radius 3 is 2.57 bits per heavy atom. The maximum Gasteiger partial charge on any atom is 0.220 e. The van der Waals surface area contributed by atoms with Gasteiger partial charge >= 0.3 is 0 Å². The van der Waals surface area contributed by atoms with Gasteiger partial charge in [-0.25, -0.2) is 4.98 Å². The molecule has 0 radical (unpaired) electrons. The van der Waals surface area contributed by atoms with Gasteiger partial charge in [0.25, 0.3) is 0 Å². The minimum Gasteiger partial charge on any atom is -0.481 e. The van der Waals surface area contributed by atoms with Crippen LogP contribution in [0.5, 0.6) is 5.88 Å². The number of ketones is 1. The number of rotatable bonds is 6. The van der Waals surface area contributed by atoms with E-state index in [1.54, 1.807) is 7.11 Å². The smallest absolute Gasteiger partial charge is 0.220 e. The number of aromatic nitrogens is 2. The highest BCUT2D eigenvalue weighted by Crippen LogP contribution is 2.23. The van der Waals surface area contributed by atoms with E-state index in [0.29, 0.717) is 23.9 Å². The quantitative estimate of drug-likeness (QED) is 0.465. The molecular formula is C16H18N2O2S. The number of nitrogens with zero attached hydrogens (tertiary/aromatic N) is 2. The Labute approximate surface area is 129 Å². The number of ether oxygens (including phenoxy) is 1. The molecule has 0 aliphatic heterocycles. The van der Waals surface area contributed by atoms with E-state index in [2.05, 4.69) is 9.97 Å². The predicted molar refractivity (Wildman–Crippen MR) is 84.2 cm³/mol. The molecule has 2 rings (SSSR count). The summed E-state index contributed by atoms with van der Waals surface area (Å²) in [5.41, 5.74) is 2.50. The molecule has 0 atom stereocenters. The molecule has 0 spiro atoms. The van der Waals surface area contributed by atoms with Gasteiger partial charge < -0.3 is 4.74 Å². The molecule has 1 aromatic carbocycles. The lowest BCUT2D eigenvalue weighted by molar-refractivity contribution is 0.0982. The van der Waals surface area contributed by atoms with Gasteiger partial charge in [0.2, 0.25) is 5.88 Å². The fourth-order valence-electron chi connectivity index (χ4n) is 2.10. The second-order valence-corrected chi connectivity index (χ2v) is 5.35. The minimum absolute atomic E-state index is 0.117. The van der Waals surface area contributed by atoms with Gasteiger partial charge in [0.05, 0.1) is 7.11 Å². The first kappa shape index (κ1) is 15.5. The molecule has 1 aromatic heterocycles. The normalized spacial score (nSPS) is 10.4. The van der Waals surface area contributed by atoms with Gasteiger partial charge in [-0.15, -0.1) is 0 Å². The summed E-state index contributed by atoms with van der Waals surface area (Å²) in [5.74, 6) is 0.679. The molecule has 0 fully saturated rings. The van der Waals surface area contributed by atoms with E-state index >= 15 is 0 Å². The van der Waals surface area contributed by atoms with E-state index in [0.717, 1.165) is 16.8 Å². The topological polar surface area (TPSA) is 52.1 Å². The van der Waals surface area contributed by atoms with Gasteiger partial charge in [-0.1, -0.05) is 42.1 Å². The fraction of sp³-hybridized carbons (Fsp3) is 0.312. The lowest BCUT2D eigenvalue weighted by atomic mass is 10.0. The third kappa shape index (κ3) is 3.82. The van der Waals surface area contributed by atoms with Crippen LogP contribution in [-0.4, -0.2) is 29.1 Å². The van der Waals surface area contributed by atoms with Crippen LogP contribution in [0.3, 0.4) is 0 Å². The Morgan fingerprint density at radius 2 is 1.95 bits per heavy atom. The molecule has 5 heteroatoms. The van der Waals surface area contributed by atoms with Gasteiger partial charge in [0.15, 0.2) is 10.9 Å². The number of carbonyl (C=O) groups excluding carboxylic acids is 1. The number of hydrogen-bond acceptors (Lipinski definition) is 5. The summed E-state index contributed by atoms with van der Waals surface area (Å²) in [7, 11) is 1.59. The number of thioether (sulfide) groups is 1. The van der Waals surface area contributed by atoms with E-state index in [-0.39, 0.29) is 5.78 Å². The van der Waals surface area contributed by atoms with Gasteiger partial charge in [-0.05, 0) is 19.6 Å². The maximum atomic E-state index is 12.2. The number of carbonyl (C=O) groups is 1. The first-order chi connectivity index (χ1) is 10.2. The summed E-state index contributed by atoms with van der Waals surface area (Å²) >= 11 is 1.47. The van der Waals surface area contributed by atoms with E-state index in [4.69, 9.17) is 4.74 Å². The molecule has 0 unspecified atom stereocenters. The molecule has 0 saturated carbocycles. The van der Waals surface area contributed by atoms with E-state index in [1.165, 1.54) is 11.8 Å². The number of benzene rings is 1. The Bertz CT molecular complexity index is 630. The highest BCUT2D eigenvalue weighted by Gasteiger charge is 2.14. The van der Waals surface area contributed by atoms with Gasteiger partial charge in [0.1, 0.15) is 0 Å². The lowest BCUT2D eigenvalue weighted by Gasteiger charge is -2.11. The standard InChI is InChI=1S/C16H18N2O2S/c1-11-13(15(20-2)18-16(17-11)21-3)9-10-14(19)12-7-5-4-6-8-12/h4-8H,9-10H2,1-3H3. The third-order valence-electron chi connectivity index (χ3n) is 3.23. The van der Waals surface area contributed by atoms with Crippen LogP contribution in [0.1, 0.15) is 28.0 Å². The predicted octanol–water partition coefficient (Wildman–Crippen LogP) is 3.33. The molecule has 2 aromatic rings. The van der Waals surface area contributed by atoms with Crippen molar-refractivity contribution in [3.05, 3.63) is 47.2 Å². The zero-order valence-electron chi connectivity index (χ0n) is 12.4. The van der Waals surface area contributed by atoms with Crippen LogP contribution in [-0.2, 0) is 6.42 Å². The fourth-order valence-corrected chi connectivity index (χ4v) is 2.50. The lowest BCUT2D eigenvalue weighted by Crippen LogP contribution is -2.06. The maximum absolute atomic E-state index is 12.2. The molecule has 0 bridgehead atoms. The monoisotopic (exact) mass is 302 g/mol. The average Bonchev–Trinajstić information content (AvgIpc) is 2.53. The minimum atomic E-state index is 0.117. The number of hydrogen-bond donors (Lipinski definition) is 0. The zero-order chi connectivity index (χ0) is 15.2. The largest absolute Gasteiger partial charge is 0.481 e. The Hall–Kier alpha value is -1.88. The molecule has 0 N–H and O–H groups in total.